The molecule has 0 aliphatic carbocycles. The van der Waals surface area contributed by atoms with Crippen LogP contribution in [-0.4, -0.2) is 14.4 Å². The molecular weight excluding hydrogens is 258 g/mol. The molecule has 19 heavy (non-hydrogen) atoms. The average molecular weight is 269 g/mol. The second kappa shape index (κ2) is 4.78. The fraction of sp³-hybridized carbons (Fsp3) is 0.0714. The Labute approximate surface area is 113 Å². The highest BCUT2D eigenvalue weighted by Gasteiger charge is 2.06. The standard InChI is InChI=1S/C14H11N3OS/c1-10-12(5-4-11-3-2-6-15-9-11)16-14-17(13(10)18)7-8-19-14/h2-9H,1H3. The molecule has 0 aliphatic rings. The minimum Gasteiger partial charge on any atom is -0.269 e. The molecule has 0 bridgehead atoms. The molecule has 94 valence electrons. The molecule has 3 heterocycles. The maximum atomic E-state index is 12.1. The first-order valence-corrected chi connectivity index (χ1v) is 6.68. The number of thiazole rings is 1. The summed E-state index contributed by atoms with van der Waals surface area (Å²) >= 11 is 1.45. The maximum Gasteiger partial charge on any atom is 0.262 e. The van der Waals surface area contributed by atoms with Crippen LogP contribution in [0.3, 0.4) is 0 Å². The van der Waals surface area contributed by atoms with E-state index in [1.165, 1.54) is 11.3 Å². The number of fused-ring (bicyclic) bond motifs is 1. The SMILES string of the molecule is Cc1c(C=Cc2cccnc2)nc2sccn2c1=O. The highest BCUT2D eigenvalue weighted by Crippen LogP contribution is 2.12. The Hall–Kier alpha value is -2.27. The van der Waals surface area contributed by atoms with E-state index < -0.39 is 0 Å². The molecule has 0 fully saturated rings. The van der Waals surface area contributed by atoms with Gasteiger partial charge >= 0.3 is 0 Å². The van der Waals surface area contributed by atoms with Gasteiger partial charge in [-0.3, -0.25) is 14.2 Å². The van der Waals surface area contributed by atoms with E-state index in [2.05, 4.69) is 9.97 Å². The lowest BCUT2D eigenvalue weighted by molar-refractivity contribution is 1.03. The zero-order valence-corrected chi connectivity index (χ0v) is 11.1. The van der Waals surface area contributed by atoms with Crippen molar-refractivity contribution in [3.05, 3.63) is 63.3 Å². The van der Waals surface area contributed by atoms with Gasteiger partial charge in [0, 0.05) is 29.5 Å². The minimum absolute atomic E-state index is 0.0166. The van der Waals surface area contributed by atoms with Crippen LogP contribution in [0.2, 0.25) is 0 Å². The molecule has 3 aromatic heterocycles. The Morgan fingerprint density at radius 3 is 3.05 bits per heavy atom. The summed E-state index contributed by atoms with van der Waals surface area (Å²) in [7, 11) is 0. The van der Waals surface area contributed by atoms with Crippen molar-refractivity contribution < 1.29 is 0 Å². The smallest absolute Gasteiger partial charge is 0.262 e. The molecule has 4 nitrogen and oxygen atoms in total. The number of nitrogens with zero attached hydrogens (tertiary/aromatic N) is 3. The van der Waals surface area contributed by atoms with Gasteiger partial charge in [-0.1, -0.05) is 12.1 Å². The Balaban J connectivity index is 2.08. The van der Waals surface area contributed by atoms with Crippen LogP contribution in [0.1, 0.15) is 16.8 Å². The second-order valence-electron chi connectivity index (χ2n) is 4.10. The Kier molecular flexibility index (Phi) is 2.97. The maximum absolute atomic E-state index is 12.1. The van der Waals surface area contributed by atoms with E-state index >= 15 is 0 Å². The molecule has 0 N–H and O–H groups in total. The van der Waals surface area contributed by atoms with Crippen LogP contribution in [-0.2, 0) is 0 Å². The van der Waals surface area contributed by atoms with Gasteiger partial charge in [-0.25, -0.2) is 4.98 Å². The fourth-order valence-corrected chi connectivity index (χ4v) is 2.51. The van der Waals surface area contributed by atoms with Crippen LogP contribution in [0.15, 0.2) is 40.9 Å². The molecule has 0 amide bonds. The number of pyridine rings is 1. The van der Waals surface area contributed by atoms with Crippen molar-refractivity contribution in [3.63, 3.8) is 0 Å². The fourth-order valence-electron chi connectivity index (χ4n) is 1.80. The summed E-state index contributed by atoms with van der Waals surface area (Å²) in [5.74, 6) is 0. The molecule has 0 spiro atoms. The Morgan fingerprint density at radius 2 is 2.26 bits per heavy atom. The van der Waals surface area contributed by atoms with Gasteiger partial charge in [-0.2, -0.15) is 0 Å². The van der Waals surface area contributed by atoms with E-state index in [1.54, 1.807) is 29.9 Å². The van der Waals surface area contributed by atoms with Crippen molar-refractivity contribution in [2.45, 2.75) is 6.92 Å². The van der Waals surface area contributed by atoms with Crippen LogP contribution in [0.5, 0.6) is 0 Å². The van der Waals surface area contributed by atoms with Crippen molar-refractivity contribution >= 4 is 28.4 Å². The lowest BCUT2D eigenvalue weighted by atomic mass is 10.2. The summed E-state index contributed by atoms with van der Waals surface area (Å²) in [6.07, 6.45) is 9.00. The molecule has 0 saturated carbocycles. The molecule has 0 unspecified atom stereocenters. The van der Waals surface area contributed by atoms with Crippen LogP contribution in [0.4, 0.5) is 0 Å². The van der Waals surface area contributed by atoms with Crippen molar-refractivity contribution in [1.29, 1.82) is 0 Å². The van der Waals surface area contributed by atoms with E-state index in [0.29, 0.717) is 16.2 Å². The summed E-state index contributed by atoms with van der Waals surface area (Å²) in [5.41, 5.74) is 2.32. The molecule has 0 radical (unpaired) electrons. The van der Waals surface area contributed by atoms with E-state index in [0.717, 1.165) is 5.56 Å². The average Bonchev–Trinajstić information content (AvgIpc) is 2.91. The highest BCUT2D eigenvalue weighted by atomic mass is 32.1. The summed E-state index contributed by atoms with van der Waals surface area (Å²) in [6.45, 7) is 1.79. The molecule has 0 aliphatic heterocycles. The first-order chi connectivity index (χ1) is 9.25. The molecule has 5 heteroatoms. The van der Waals surface area contributed by atoms with Gasteiger partial charge in [-0.15, -0.1) is 11.3 Å². The van der Waals surface area contributed by atoms with E-state index in [9.17, 15) is 4.79 Å². The van der Waals surface area contributed by atoms with E-state index in [1.807, 2.05) is 29.7 Å². The summed E-state index contributed by atoms with van der Waals surface area (Å²) in [5, 5.41) is 1.86. The van der Waals surface area contributed by atoms with Gasteiger partial charge < -0.3 is 0 Å². The van der Waals surface area contributed by atoms with Gasteiger partial charge in [0.2, 0.25) is 0 Å². The topological polar surface area (TPSA) is 47.3 Å². The minimum atomic E-state index is -0.0166. The first-order valence-electron chi connectivity index (χ1n) is 5.80. The van der Waals surface area contributed by atoms with Gasteiger partial charge in [0.1, 0.15) is 0 Å². The van der Waals surface area contributed by atoms with Crippen LogP contribution in [0.25, 0.3) is 17.1 Å². The number of rotatable bonds is 2. The van der Waals surface area contributed by atoms with Gasteiger partial charge in [0.25, 0.3) is 5.56 Å². The lowest BCUT2D eigenvalue weighted by Crippen LogP contribution is -2.17. The van der Waals surface area contributed by atoms with Crippen LogP contribution in [0, 0.1) is 6.92 Å². The quantitative estimate of drug-likeness (QED) is 0.718. The predicted octanol–water partition coefficient (Wildman–Crippen LogP) is 2.63. The summed E-state index contributed by atoms with van der Waals surface area (Å²) < 4.78 is 1.57. The summed E-state index contributed by atoms with van der Waals surface area (Å²) in [6, 6.07) is 3.83. The highest BCUT2D eigenvalue weighted by molar-refractivity contribution is 7.15. The molecule has 0 atom stereocenters. The van der Waals surface area contributed by atoms with Crippen LogP contribution >= 0.6 is 11.3 Å². The van der Waals surface area contributed by atoms with E-state index in [4.69, 9.17) is 0 Å². The number of hydrogen-bond donors (Lipinski definition) is 0. The summed E-state index contributed by atoms with van der Waals surface area (Å²) in [4.78, 5) is 21.3. The van der Waals surface area contributed by atoms with Crippen molar-refractivity contribution in [2.24, 2.45) is 0 Å². The van der Waals surface area contributed by atoms with Crippen molar-refractivity contribution in [1.82, 2.24) is 14.4 Å². The zero-order chi connectivity index (χ0) is 13.2. The largest absolute Gasteiger partial charge is 0.269 e. The number of hydrogen-bond acceptors (Lipinski definition) is 4. The molecule has 0 aromatic carbocycles. The van der Waals surface area contributed by atoms with Gasteiger partial charge in [0.05, 0.1) is 5.69 Å². The molecule has 0 saturated heterocycles. The van der Waals surface area contributed by atoms with Crippen molar-refractivity contribution in [3.8, 4) is 0 Å². The Morgan fingerprint density at radius 1 is 1.37 bits per heavy atom. The van der Waals surface area contributed by atoms with E-state index in [-0.39, 0.29) is 5.56 Å². The molecule has 3 rings (SSSR count). The third-order valence-corrected chi connectivity index (χ3v) is 3.60. The molecule has 3 aromatic rings. The second-order valence-corrected chi connectivity index (χ2v) is 4.98. The number of aromatic nitrogens is 3. The monoisotopic (exact) mass is 269 g/mol. The first kappa shape index (κ1) is 11.8. The third kappa shape index (κ3) is 2.20. The Bertz CT molecular complexity index is 802. The van der Waals surface area contributed by atoms with Crippen LogP contribution < -0.4 is 5.56 Å². The third-order valence-electron chi connectivity index (χ3n) is 2.85. The van der Waals surface area contributed by atoms with Gasteiger partial charge in [-0.05, 0) is 24.6 Å². The normalized spacial score (nSPS) is 11.4. The zero-order valence-electron chi connectivity index (χ0n) is 10.3. The molecular formula is C14H11N3OS. The van der Waals surface area contributed by atoms with Gasteiger partial charge in [0.15, 0.2) is 4.96 Å². The predicted molar refractivity (Wildman–Crippen MR) is 77.2 cm³/mol. The van der Waals surface area contributed by atoms with Crippen molar-refractivity contribution in [2.75, 3.05) is 0 Å². The lowest BCUT2D eigenvalue weighted by Gasteiger charge is -2.00.